The number of benzene rings is 1. The van der Waals surface area contributed by atoms with E-state index in [1.165, 1.54) is 0 Å². The van der Waals surface area contributed by atoms with Gasteiger partial charge in [0.05, 0.1) is 13.3 Å². The Morgan fingerprint density at radius 2 is 2.32 bits per heavy atom. The number of thioether (sulfide) groups is 1. The third kappa shape index (κ3) is 3.29. The number of ether oxygens (including phenoxy) is 1. The average Bonchev–Trinajstić information content (AvgIpc) is 2.81. The number of hydrogen-bond donors (Lipinski definition) is 2. The van der Waals surface area contributed by atoms with Gasteiger partial charge in [0.15, 0.2) is 0 Å². The van der Waals surface area contributed by atoms with Crippen LogP contribution in [0.25, 0.3) is 0 Å². The first-order chi connectivity index (χ1) is 9.10. The van der Waals surface area contributed by atoms with Crippen LogP contribution >= 0.6 is 11.8 Å². The topological polar surface area (TPSA) is 76.9 Å². The molecule has 0 radical (unpaired) electrons. The summed E-state index contributed by atoms with van der Waals surface area (Å²) in [6.07, 6.45) is 3.79. The van der Waals surface area contributed by atoms with Crippen LogP contribution in [0.2, 0.25) is 0 Å². The predicted molar refractivity (Wildman–Crippen MR) is 76.8 cm³/mol. The maximum atomic E-state index is 7.48. The molecule has 100 valence electrons. The van der Waals surface area contributed by atoms with Crippen LogP contribution in [0.3, 0.4) is 0 Å². The van der Waals surface area contributed by atoms with E-state index in [9.17, 15) is 0 Å². The van der Waals surface area contributed by atoms with E-state index in [4.69, 9.17) is 15.9 Å². The lowest BCUT2D eigenvalue weighted by Crippen LogP contribution is -2.11. The van der Waals surface area contributed by atoms with Crippen molar-refractivity contribution in [2.24, 2.45) is 12.8 Å². The number of aromatic nitrogens is 2. The quantitative estimate of drug-likeness (QED) is 0.497. The van der Waals surface area contributed by atoms with Crippen LogP contribution in [0.1, 0.15) is 11.1 Å². The zero-order chi connectivity index (χ0) is 13.8. The molecule has 0 fully saturated rings. The monoisotopic (exact) mass is 276 g/mol. The second-order valence-electron chi connectivity index (χ2n) is 4.08. The fraction of sp³-hybridized carbons (Fsp3) is 0.231. The molecule has 0 unspecified atom stereocenters. The minimum Gasteiger partial charge on any atom is -0.496 e. The molecule has 1 heterocycles. The average molecular weight is 276 g/mol. The van der Waals surface area contributed by atoms with Crippen molar-refractivity contribution in [3.05, 3.63) is 41.7 Å². The van der Waals surface area contributed by atoms with Gasteiger partial charge in [-0.25, -0.2) is 0 Å². The number of amidine groups is 1. The standard InChI is InChI=1S/C13H16N4OS/c1-17-7-11(6-16-17)19-8-10-5-9(13(14)15)3-4-12(10)18-2/h3-7H,8H2,1-2H3,(H3,14,15). The molecule has 1 aromatic carbocycles. The first-order valence-electron chi connectivity index (χ1n) is 5.73. The van der Waals surface area contributed by atoms with Crippen LogP contribution < -0.4 is 10.5 Å². The molecule has 0 bridgehead atoms. The Morgan fingerprint density at radius 1 is 1.53 bits per heavy atom. The highest BCUT2D eigenvalue weighted by Gasteiger charge is 2.07. The Bertz CT molecular complexity index is 594. The van der Waals surface area contributed by atoms with Gasteiger partial charge in [0.1, 0.15) is 11.6 Å². The minimum atomic E-state index is 0.0651. The van der Waals surface area contributed by atoms with Crippen molar-refractivity contribution in [3.63, 3.8) is 0 Å². The molecule has 5 nitrogen and oxygen atoms in total. The fourth-order valence-corrected chi connectivity index (χ4v) is 2.59. The lowest BCUT2D eigenvalue weighted by molar-refractivity contribution is 0.411. The van der Waals surface area contributed by atoms with Crippen molar-refractivity contribution in [2.45, 2.75) is 10.6 Å². The SMILES string of the molecule is COc1ccc(C(=N)N)cc1CSc1cnn(C)c1. The van der Waals surface area contributed by atoms with Crippen LogP contribution in [0.5, 0.6) is 5.75 Å². The molecule has 0 saturated heterocycles. The zero-order valence-corrected chi connectivity index (χ0v) is 11.7. The number of aryl methyl sites for hydroxylation is 1. The molecule has 19 heavy (non-hydrogen) atoms. The zero-order valence-electron chi connectivity index (χ0n) is 10.9. The van der Waals surface area contributed by atoms with E-state index in [-0.39, 0.29) is 5.84 Å². The molecule has 0 saturated carbocycles. The summed E-state index contributed by atoms with van der Waals surface area (Å²) >= 11 is 1.67. The van der Waals surface area contributed by atoms with Gasteiger partial charge in [-0.15, -0.1) is 11.8 Å². The number of nitrogens with one attached hydrogen (secondary N) is 1. The van der Waals surface area contributed by atoms with Gasteiger partial charge in [0.25, 0.3) is 0 Å². The molecule has 0 aliphatic rings. The molecule has 0 spiro atoms. The van der Waals surface area contributed by atoms with Crippen LogP contribution in [0.15, 0.2) is 35.5 Å². The molecule has 0 amide bonds. The van der Waals surface area contributed by atoms with Gasteiger partial charge in [0.2, 0.25) is 0 Å². The summed E-state index contributed by atoms with van der Waals surface area (Å²) in [6.45, 7) is 0. The normalized spacial score (nSPS) is 10.4. The Morgan fingerprint density at radius 3 is 2.89 bits per heavy atom. The molecule has 0 aliphatic heterocycles. The van der Waals surface area contributed by atoms with Crippen molar-refractivity contribution in [1.82, 2.24) is 9.78 Å². The van der Waals surface area contributed by atoms with E-state index in [0.29, 0.717) is 5.56 Å². The molecule has 1 aromatic heterocycles. The highest BCUT2D eigenvalue weighted by atomic mass is 32.2. The first kappa shape index (κ1) is 13.5. The van der Waals surface area contributed by atoms with E-state index in [2.05, 4.69) is 5.10 Å². The lowest BCUT2D eigenvalue weighted by atomic mass is 10.1. The summed E-state index contributed by atoms with van der Waals surface area (Å²) in [7, 11) is 3.53. The maximum absolute atomic E-state index is 7.48. The number of nitrogens with zero attached hydrogens (tertiary/aromatic N) is 2. The number of rotatable bonds is 5. The van der Waals surface area contributed by atoms with Crippen LogP contribution in [-0.4, -0.2) is 22.7 Å². The van der Waals surface area contributed by atoms with Gasteiger partial charge in [0, 0.05) is 35.0 Å². The van der Waals surface area contributed by atoms with E-state index in [1.807, 2.05) is 31.6 Å². The minimum absolute atomic E-state index is 0.0651. The van der Waals surface area contributed by atoms with Crippen LogP contribution in [0, 0.1) is 5.41 Å². The Balaban J connectivity index is 2.17. The summed E-state index contributed by atoms with van der Waals surface area (Å²) in [6, 6.07) is 5.53. The predicted octanol–water partition coefficient (Wildman–Crippen LogP) is 2.01. The van der Waals surface area contributed by atoms with Crippen molar-refractivity contribution in [2.75, 3.05) is 7.11 Å². The second kappa shape index (κ2) is 5.79. The lowest BCUT2D eigenvalue weighted by Gasteiger charge is -2.09. The summed E-state index contributed by atoms with van der Waals surface area (Å²) in [5, 5.41) is 11.6. The number of nitrogens with two attached hydrogens (primary N) is 1. The number of methoxy groups -OCH3 is 1. The van der Waals surface area contributed by atoms with Crippen molar-refractivity contribution in [1.29, 1.82) is 5.41 Å². The summed E-state index contributed by atoms with van der Waals surface area (Å²) < 4.78 is 7.10. The fourth-order valence-electron chi connectivity index (χ4n) is 1.69. The van der Waals surface area contributed by atoms with E-state index >= 15 is 0 Å². The van der Waals surface area contributed by atoms with Crippen molar-refractivity contribution >= 4 is 17.6 Å². The molecule has 6 heteroatoms. The Hall–Kier alpha value is -1.95. The molecule has 0 aliphatic carbocycles. The van der Waals surface area contributed by atoms with E-state index in [1.54, 1.807) is 29.6 Å². The van der Waals surface area contributed by atoms with Crippen LogP contribution in [0.4, 0.5) is 0 Å². The summed E-state index contributed by atoms with van der Waals surface area (Å²) in [5.74, 6) is 1.62. The van der Waals surface area contributed by atoms with E-state index in [0.717, 1.165) is 22.0 Å². The van der Waals surface area contributed by atoms with Crippen molar-refractivity contribution < 1.29 is 4.74 Å². The summed E-state index contributed by atoms with van der Waals surface area (Å²) in [4.78, 5) is 1.10. The Kier molecular flexibility index (Phi) is 4.11. The first-order valence-corrected chi connectivity index (χ1v) is 6.71. The van der Waals surface area contributed by atoms with Gasteiger partial charge < -0.3 is 10.5 Å². The van der Waals surface area contributed by atoms with E-state index < -0.39 is 0 Å². The van der Waals surface area contributed by atoms with Gasteiger partial charge in [-0.3, -0.25) is 10.1 Å². The number of hydrogen-bond acceptors (Lipinski definition) is 4. The van der Waals surface area contributed by atoms with Gasteiger partial charge in [-0.05, 0) is 18.2 Å². The smallest absolute Gasteiger partial charge is 0.122 e. The molecule has 2 rings (SSSR count). The second-order valence-corrected chi connectivity index (χ2v) is 5.13. The third-order valence-corrected chi connectivity index (χ3v) is 3.67. The Labute approximate surface area is 116 Å². The molecule has 0 atom stereocenters. The largest absolute Gasteiger partial charge is 0.496 e. The highest BCUT2D eigenvalue weighted by molar-refractivity contribution is 7.98. The molecule has 3 N–H and O–H groups in total. The molecule has 2 aromatic rings. The van der Waals surface area contributed by atoms with Gasteiger partial charge >= 0.3 is 0 Å². The third-order valence-electron chi connectivity index (χ3n) is 2.67. The molecular formula is C13H16N4OS. The number of nitrogen functional groups attached to an aromatic ring is 1. The highest BCUT2D eigenvalue weighted by Crippen LogP contribution is 2.28. The summed E-state index contributed by atoms with van der Waals surface area (Å²) in [5.41, 5.74) is 7.24. The van der Waals surface area contributed by atoms with Crippen LogP contribution in [-0.2, 0) is 12.8 Å². The maximum Gasteiger partial charge on any atom is 0.122 e. The van der Waals surface area contributed by atoms with Crippen molar-refractivity contribution in [3.8, 4) is 5.75 Å². The molecular weight excluding hydrogens is 260 g/mol. The van der Waals surface area contributed by atoms with Gasteiger partial charge in [-0.2, -0.15) is 5.10 Å². The van der Waals surface area contributed by atoms with Gasteiger partial charge in [-0.1, -0.05) is 0 Å².